The maximum atomic E-state index is 12.9. The van der Waals surface area contributed by atoms with Crippen LogP contribution in [0.3, 0.4) is 0 Å². The fourth-order valence-corrected chi connectivity index (χ4v) is 7.09. The molecule has 54 heavy (non-hydrogen) atoms. The molecule has 3 atom stereocenters. The Balaban J connectivity index is 1.42. The molecule has 6 aromatic rings. The highest BCUT2D eigenvalue weighted by molar-refractivity contribution is 7.86. The number of hydrogen-bond acceptors (Lipinski definition) is 7. The van der Waals surface area contributed by atoms with Crippen LogP contribution < -0.4 is 0 Å². The quantitative estimate of drug-likeness (QED) is 0.0572. The average molecular weight is 743 g/mol. The van der Waals surface area contributed by atoms with Crippen molar-refractivity contribution in [3.8, 4) is 0 Å². The predicted octanol–water partition coefficient (Wildman–Crippen LogP) is 8.73. The summed E-state index contributed by atoms with van der Waals surface area (Å²) < 4.78 is 58.6. The summed E-state index contributed by atoms with van der Waals surface area (Å²) in [4.78, 5) is 0. The van der Waals surface area contributed by atoms with Crippen LogP contribution in [0.2, 0.25) is 0 Å². The van der Waals surface area contributed by atoms with Gasteiger partial charge in [-0.05, 0) is 33.4 Å². The van der Waals surface area contributed by atoms with Gasteiger partial charge in [0, 0.05) is 0 Å². The van der Waals surface area contributed by atoms with Gasteiger partial charge >= 0.3 is 0 Å². The lowest BCUT2D eigenvalue weighted by molar-refractivity contribution is -0.167. The van der Waals surface area contributed by atoms with E-state index in [2.05, 4.69) is 36.4 Å². The maximum Gasteiger partial charge on any atom is 0.264 e. The number of ether oxygens (including phenoxy) is 4. The molecule has 278 valence electrons. The SMILES string of the molecule is CS(=O)(=O)O[C@H](COCc1ccccc1)[C@H](OCc1ccccc1)[C@H](COC(c1ccccc1)(c1ccccc1)c1ccccc1)OCc1ccccc1. The van der Waals surface area contributed by atoms with Gasteiger partial charge < -0.3 is 18.9 Å². The van der Waals surface area contributed by atoms with Crippen LogP contribution in [0.5, 0.6) is 0 Å². The van der Waals surface area contributed by atoms with Gasteiger partial charge in [-0.3, -0.25) is 4.18 Å². The summed E-state index contributed by atoms with van der Waals surface area (Å²) in [5.41, 5.74) is 4.46. The Bertz CT molecular complexity index is 1950. The molecule has 6 aromatic carbocycles. The topological polar surface area (TPSA) is 80.3 Å². The van der Waals surface area contributed by atoms with Gasteiger partial charge in [0.2, 0.25) is 0 Å². The van der Waals surface area contributed by atoms with E-state index in [4.69, 9.17) is 23.1 Å². The third kappa shape index (κ3) is 10.8. The summed E-state index contributed by atoms with van der Waals surface area (Å²) in [6, 6.07) is 59.4. The van der Waals surface area contributed by atoms with Crippen LogP contribution in [0.1, 0.15) is 33.4 Å². The van der Waals surface area contributed by atoms with Crippen LogP contribution in [-0.4, -0.2) is 46.2 Å². The highest BCUT2D eigenvalue weighted by Gasteiger charge is 2.41. The van der Waals surface area contributed by atoms with Crippen LogP contribution in [0.25, 0.3) is 0 Å². The van der Waals surface area contributed by atoms with Gasteiger partial charge in [0.05, 0.1) is 39.3 Å². The first-order valence-corrected chi connectivity index (χ1v) is 19.8. The second kappa shape index (κ2) is 19.4. The van der Waals surface area contributed by atoms with Crippen LogP contribution >= 0.6 is 0 Å². The molecular weight excluding hydrogens is 697 g/mol. The first kappa shape index (κ1) is 38.8. The summed E-state index contributed by atoms with van der Waals surface area (Å²) >= 11 is 0. The molecule has 8 heteroatoms. The lowest BCUT2D eigenvalue weighted by Crippen LogP contribution is -2.49. The number of hydrogen-bond donors (Lipinski definition) is 0. The molecule has 0 saturated heterocycles. The Morgan fingerprint density at radius 3 is 1.24 bits per heavy atom. The van der Waals surface area contributed by atoms with Gasteiger partial charge in [-0.2, -0.15) is 8.42 Å². The molecule has 0 radical (unpaired) electrons. The molecule has 0 aliphatic rings. The van der Waals surface area contributed by atoms with Crippen molar-refractivity contribution < 1.29 is 31.5 Å². The van der Waals surface area contributed by atoms with E-state index in [-0.39, 0.29) is 33.0 Å². The van der Waals surface area contributed by atoms with Crippen molar-refractivity contribution in [3.05, 3.63) is 215 Å². The Labute approximate surface area is 319 Å². The summed E-state index contributed by atoms with van der Waals surface area (Å²) in [7, 11) is -3.98. The highest BCUT2D eigenvalue weighted by Crippen LogP contribution is 2.41. The van der Waals surface area contributed by atoms with E-state index in [9.17, 15) is 8.42 Å². The van der Waals surface area contributed by atoms with E-state index in [0.717, 1.165) is 39.6 Å². The number of benzene rings is 6. The summed E-state index contributed by atoms with van der Waals surface area (Å²) in [6.07, 6.45) is -1.85. The summed E-state index contributed by atoms with van der Waals surface area (Å²) in [5.74, 6) is 0. The third-order valence-corrected chi connectivity index (χ3v) is 9.62. The largest absolute Gasteiger partial charge is 0.374 e. The molecule has 0 bridgehead atoms. The van der Waals surface area contributed by atoms with Gasteiger partial charge in [0.15, 0.2) is 0 Å². The van der Waals surface area contributed by atoms with E-state index >= 15 is 0 Å². The van der Waals surface area contributed by atoms with Crippen molar-refractivity contribution in [2.45, 2.75) is 43.7 Å². The molecule has 0 spiro atoms. The van der Waals surface area contributed by atoms with Gasteiger partial charge in [0.1, 0.15) is 23.9 Å². The maximum absolute atomic E-state index is 12.9. The Morgan fingerprint density at radius 1 is 0.463 bits per heavy atom. The molecule has 0 aromatic heterocycles. The summed E-state index contributed by atoms with van der Waals surface area (Å²) in [6.45, 7) is 0.536. The van der Waals surface area contributed by atoms with Crippen molar-refractivity contribution in [3.63, 3.8) is 0 Å². The first-order chi connectivity index (χ1) is 26.4. The lowest BCUT2D eigenvalue weighted by Gasteiger charge is -2.39. The molecule has 0 fully saturated rings. The van der Waals surface area contributed by atoms with E-state index in [1.165, 1.54) is 0 Å². The summed E-state index contributed by atoms with van der Waals surface area (Å²) in [5, 5.41) is 0. The van der Waals surface area contributed by atoms with Crippen LogP contribution in [0, 0.1) is 0 Å². The Kier molecular flexibility index (Phi) is 13.9. The van der Waals surface area contributed by atoms with Crippen LogP contribution in [0.4, 0.5) is 0 Å². The predicted molar refractivity (Wildman–Crippen MR) is 211 cm³/mol. The highest BCUT2D eigenvalue weighted by atomic mass is 32.2. The fourth-order valence-electron chi connectivity index (χ4n) is 6.48. The lowest BCUT2D eigenvalue weighted by atomic mass is 9.80. The monoisotopic (exact) mass is 742 g/mol. The average Bonchev–Trinajstić information content (AvgIpc) is 3.21. The van der Waals surface area contributed by atoms with Crippen LogP contribution in [-0.2, 0) is 58.7 Å². The van der Waals surface area contributed by atoms with Crippen molar-refractivity contribution in [2.75, 3.05) is 19.5 Å². The molecule has 0 unspecified atom stereocenters. The zero-order valence-electron chi connectivity index (χ0n) is 30.4. The van der Waals surface area contributed by atoms with E-state index in [1.54, 1.807) is 0 Å². The number of rotatable bonds is 20. The normalized spacial score (nSPS) is 13.6. The van der Waals surface area contributed by atoms with Gasteiger partial charge in [-0.25, -0.2) is 0 Å². The van der Waals surface area contributed by atoms with Crippen molar-refractivity contribution >= 4 is 10.1 Å². The molecule has 0 heterocycles. The standard InChI is InChI=1S/C46H46O7S/c1-54(47,48)53-44(35-49-32-37-20-8-2-9-21-37)45(51-34-39-24-12-4-13-25-39)43(50-33-38-22-10-3-11-23-38)36-52-46(40-26-14-5-15-27-40,41-28-16-6-17-29-41)42-30-18-7-19-31-42/h2-31,43-45H,32-36H2,1H3/t43-,44+,45+/m0/s1. The van der Waals surface area contributed by atoms with E-state index < -0.39 is 34.0 Å². The zero-order chi connectivity index (χ0) is 37.5. The second-order valence-electron chi connectivity index (χ2n) is 13.0. The van der Waals surface area contributed by atoms with E-state index in [1.807, 2.05) is 146 Å². The third-order valence-electron chi connectivity index (χ3n) is 9.02. The zero-order valence-corrected chi connectivity index (χ0v) is 31.2. The minimum atomic E-state index is -3.98. The minimum absolute atomic E-state index is 0.00667. The van der Waals surface area contributed by atoms with Crippen molar-refractivity contribution in [2.24, 2.45) is 0 Å². The van der Waals surface area contributed by atoms with Gasteiger partial charge in [-0.15, -0.1) is 0 Å². The second-order valence-corrected chi connectivity index (χ2v) is 14.6. The fraction of sp³-hybridized carbons (Fsp3) is 0.217. The molecule has 6 rings (SSSR count). The molecule has 0 N–H and O–H groups in total. The van der Waals surface area contributed by atoms with Crippen molar-refractivity contribution in [1.29, 1.82) is 0 Å². The van der Waals surface area contributed by atoms with Gasteiger partial charge in [-0.1, -0.05) is 182 Å². The van der Waals surface area contributed by atoms with Crippen LogP contribution in [0.15, 0.2) is 182 Å². The Hall–Kier alpha value is -4.93. The molecule has 0 aliphatic carbocycles. The molecule has 0 aliphatic heterocycles. The first-order valence-electron chi connectivity index (χ1n) is 18.0. The molecule has 7 nitrogen and oxygen atoms in total. The van der Waals surface area contributed by atoms with E-state index in [0.29, 0.717) is 0 Å². The van der Waals surface area contributed by atoms with Crippen molar-refractivity contribution in [1.82, 2.24) is 0 Å². The minimum Gasteiger partial charge on any atom is -0.374 e. The molecular formula is C46H46O7S. The Morgan fingerprint density at radius 2 is 0.833 bits per heavy atom. The van der Waals surface area contributed by atoms with Gasteiger partial charge in [0.25, 0.3) is 10.1 Å². The molecule has 0 amide bonds. The smallest absolute Gasteiger partial charge is 0.264 e. The molecule has 0 saturated carbocycles.